The van der Waals surface area contributed by atoms with Gasteiger partial charge in [-0.3, -0.25) is 14.9 Å². The molecule has 100 valence electrons. The van der Waals surface area contributed by atoms with Gasteiger partial charge in [-0.15, -0.1) is 12.4 Å². The second-order valence-corrected chi connectivity index (χ2v) is 3.53. The van der Waals surface area contributed by atoms with Crippen molar-refractivity contribution < 1.29 is 14.1 Å². The third-order valence-corrected chi connectivity index (χ3v) is 2.13. The molecule has 18 heavy (non-hydrogen) atoms. The number of hydrogen-bond acceptors (Lipinski definition) is 4. The Morgan fingerprint density at radius 2 is 2.22 bits per heavy atom. The number of carbonyl (C=O) groups excluding carboxylic acids is 1. The van der Waals surface area contributed by atoms with Crippen molar-refractivity contribution >= 4 is 24.0 Å². The van der Waals surface area contributed by atoms with Gasteiger partial charge in [0.05, 0.1) is 4.92 Å². The minimum absolute atomic E-state index is 0. The van der Waals surface area contributed by atoms with Crippen LogP contribution in [-0.4, -0.2) is 23.4 Å². The molecule has 0 saturated carbocycles. The van der Waals surface area contributed by atoms with Crippen LogP contribution in [-0.2, 0) is 0 Å². The molecule has 1 rings (SSSR count). The Bertz CT molecular complexity index is 456. The minimum Gasteiger partial charge on any atom is -0.348 e. The van der Waals surface area contributed by atoms with Gasteiger partial charge in [0.25, 0.3) is 11.6 Å². The Labute approximate surface area is 109 Å². The maximum absolute atomic E-state index is 13.0. The van der Waals surface area contributed by atoms with Crippen molar-refractivity contribution in [1.29, 1.82) is 0 Å². The fraction of sp³-hybridized carbons (Fsp3) is 0.300. The molecule has 0 unspecified atom stereocenters. The van der Waals surface area contributed by atoms with E-state index < -0.39 is 22.3 Å². The molecular formula is C10H13ClFN3O3. The van der Waals surface area contributed by atoms with Crippen LogP contribution < -0.4 is 11.1 Å². The van der Waals surface area contributed by atoms with E-state index in [2.05, 4.69) is 5.32 Å². The molecule has 3 N–H and O–H groups in total. The zero-order valence-corrected chi connectivity index (χ0v) is 10.4. The normalized spacial score (nSPS) is 11.3. The van der Waals surface area contributed by atoms with E-state index in [1.807, 2.05) is 0 Å². The number of rotatable bonds is 4. The van der Waals surface area contributed by atoms with E-state index in [4.69, 9.17) is 5.73 Å². The third kappa shape index (κ3) is 3.94. The number of nitro benzene ring substituents is 1. The highest BCUT2D eigenvalue weighted by molar-refractivity contribution is 5.98. The maximum atomic E-state index is 13.0. The Balaban J connectivity index is 0.00000289. The summed E-state index contributed by atoms with van der Waals surface area (Å²) in [7, 11) is 0. The Morgan fingerprint density at radius 3 is 2.72 bits per heavy atom. The second-order valence-electron chi connectivity index (χ2n) is 3.53. The first-order valence-corrected chi connectivity index (χ1v) is 4.90. The molecule has 0 aliphatic rings. The zero-order valence-electron chi connectivity index (χ0n) is 9.55. The van der Waals surface area contributed by atoms with Gasteiger partial charge in [-0.1, -0.05) is 0 Å². The van der Waals surface area contributed by atoms with Gasteiger partial charge in [-0.05, 0) is 19.1 Å². The number of halogens is 2. The molecular weight excluding hydrogens is 265 g/mol. The monoisotopic (exact) mass is 277 g/mol. The molecule has 1 aromatic rings. The summed E-state index contributed by atoms with van der Waals surface area (Å²) in [6.07, 6.45) is 0. The molecule has 0 spiro atoms. The van der Waals surface area contributed by atoms with Crippen LogP contribution in [0.5, 0.6) is 0 Å². The number of nitrogens with two attached hydrogens (primary N) is 1. The molecule has 0 fully saturated rings. The average Bonchev–Trinajstić information content (AvgIpc) is 2.28. The van der Waals surface area contributed by atoms with Crippen molar-refractivity contribution in [2.75, 3.05) is 6.54 Å². The summed E-state index contributed by atoms with van der Waals surface area (Å²) < 4.78 is 13.0. The number of nitro groups is 1. The first-order chi connectivity index (χ1) is 7.95. The van der Waals surface area contributed by atoms with Gasteiger partial charge in [0, 0.05) is 18.7 Å². The smallest absolute Gasteiger partial charge is 0.282 e. The van der Waals surface area contributed by atoms with E-state index in [0.29, 0.717) is 0 Å². The topological polar surface area (TPSA) is 98.3 Å². The van der Waals surface area contributed by atoms with Crippen molar-refractivity contribution in [2.24, 2.45) is 5.73 Å². The van der Waals surface area contributed by atoms with Crippen molar-refractivity contribution in [2.45, 2.75) is 13.0 Å². The molecule has 0 aromatic heterocycles. The number of amides is 1. The second kappa shape index (κ2) is 6.87. The Hall–Kier alpha value is -1.73. The lowest BCUT2D eigenvalue weighted by Gasteiger charge is -2.11. The molecule has 1 atom stereocenters. The lowest BCUT2D eigenvalue weighted by Crippen LogP contribution is -2.38. The van der Waals surface area contributed by atoms with E-state index in [9.17, 15) is 19.3 Å². The van der Waals surface area contributed by atoms with Crippen LogP contribution in [0.2, 0.25) is 0 Å². The summed E-state index contributed by atoms with van der Waals surface area (Å²) in [4.78, 5) is 21.6. The molecule has 0 saturated heterocycles. The molecule has 0 bridgehead atoms. The SMILES string of the molecule is C[C@H](CN)NC(=O)c1cc(F)ccc1[N+](=O)[O-].Cl. The van der Waals surface area contributed by atoms with Crippen LogP contribution in [0.1, 0.15) is 17.3 Å². The Kier molecular flexibility index (Phi) is 6.21. The quantitative estimate of drug-likeness (QED) is 0.639. The third-order valence-electron chi connectivity index (χ3n) is 2.13. The van der Waals surface area contributed by atoms with Gasteiger partial charge < -0.3 is 11.1 Å². The lowest BCUT2D eigenvalue weighted by molar-refractivity contribution is -0.385. The lowest BCUT2D eigenvalue weighted by atomic mass is 10.1. The first kappa shape index (κ1) is 16.3. The summed E-state index contributed by atoms with van der Waals surface area (Å²) >= 11 is 0. The average molecular weight is 278 g/mol. The standard InChI is InChI=1S/C10H12FN3O3.ClH/c1-6(5-12)13-10(15)8-4-7(11)2-3-9(8)14(16)17;/h2-4,6H,5,12H2,1H3,(H,13,15);1H/t6-;/m1./s1. The van der Waals surface area contributed by atoms with Crippen molar-refractivity contribution in [3.63, 3.8) is 0 Å². The molecule has 6 nitrogen and oxygen atoms in total. The van der Waals surface area contributed by atoms with Gasteiger partial charge in [-0.25, -0.2) is 4.39 Å². The molecule has 0 aliphatic heterocycles. The number of nitrogens with one attached hydrogen (secondary N) is 1. The molecule has 8 heteroatoms. The fourth-order valence-corrected chi connectivity index (χ4v) is 1.21. The van der Waals surface area contributed by atoms with Crippen LogP contribution in [0.25, 0.3) is 0 Å². The van der Waals surface area contributed by atoms with Crippen LogP contribution in [0.15, 0.2) is 18.2 Å². The van der Waals surface area contributed by atoms with Gasteiger partial charge in [-0.2, -0.15) is 0 Å². The highest BCUT2D eigenvalue weighted by Gasteiger charge is 2.21. The van der Waals surface area contributed by atoms with E-state index in [1.165, 1.54) is 0 Å². The summed E-state index contributed by atoms with van der Waals surface area (Å²) in [5.41, 5.74) is 4.56. The predicted octanol–water partition coefficient (Wildman–Crippen LogP) is 1.23. The van der Waals surface area contributed by atoms with E-state index in [0.717, 1.165) is 18.2 Å². The Morgan fingerprint density at radius 1 is 1.61 bits per heavy atom. The first-order valence-electron chi connectivity index (χ1n) is 4.90. The van der Waals surface area contributed by atoms with Crippen LogP contribution in [0, 0.1) is 15.9 Å². The molecule has 1 amide bonds. The molecule has 0 radical (unpaired) electrons. The number of carbonyl (C=O) groups is 1. The molecule has 0 aliphatic carbocycles. The van der Waals surface area contributed by atoms with Crippen LogP contribution >= 0.6 is 12.4 Å². The van der Waals surface area contributed by atoms with Gasteiger partial charge in [0.15, 0.2) is 0 Å². The van der Waals surface area contributed by atoms with Crippen molar-refractivity contribution in [3.8, 4) is 0 Å². The predicted molar refractivity (Wildman–Crippen MR) is 66.3 cm³/mol. The fourth-order valence-electron chi connectivity index (χ4n) is 1.21. The highest BCUT2D eigenvalue weighted by atomic mass is 35.5. The van der Waals surface area contributed by atoms with Crippen LogP contribution in [0.4, 0.5) is 10.1 Å². The van der Waals surface area contributed by atoms with E-state index in [-0.39, 0.29) is 30.6 Å². The van der Waals surface area contributed by atoms with Gasteiger partial charge in [0.1, 0.15) is 11.4 Å². The highest BCUT2D eigenvalue weighted by Crippen LogP contribution is 2.19. The van der Waals surface area contributed by atoms with Crippen molar-refractivity contribution in [3.05, 3.63) is 39.7 Å². The summed E-state index contributed by atoms with van der Waals surface area (Å²) in [5, 5.41) is 13.1. The number of nitrogens with zero attached hydrogens (tertiary/aromatic N) is 1. The zero-order chi connectivity index (χ0) is 13.0. The van der Waals surface area contributed by atoms with Gasteiger partial charge in [0.2, 0.25) is 0 Å². The van der Waals surface area contributed by atoms with Crippen LogP contribution in [0.3, 0.4) is 0 Å². The minimum atomic E-state index is -0.735. The van der Waals surface area contributed by atoms with Gasteiger partial charge >= 0.3 is 0 Å². The summed E-state index contributed by atoms with van der Waals surface area (Å²) in [5.74, 6) is -1.42. The summed E-state index contributed by atoms with van der Waals surface area (Å²) in [6, 6.07) is 2.38. The van der Waals surface area contributed by atoms with Crippen molar-refractivity contribution in [1.82, 2.24) is 5.32 Å². The van der Waals surface area contributed by atoms with E-state index >= 15 is 0 Å². The largest absolute Gasteiger partial charge is 0.348 e. The summed E-state index contributed by atoms with van der Waals surface area (Å²) in [6.45, 7) is 1.83. The number of benzene rings is 1. The molecule has 0 heterocycles. The van der Waals surface area contributed by atoms with E-state index in [1.54, 1.807) is 6.92 Å². The molecule has 1 aromatic carbocycles. The number of hydrogen-bond donors (Lipinski definition) is 2. The maximum Gasteiger partial charge on any atom is 0.282 e.